The van der Waals surface area contributed by atoms with Crippen LogP contribution in [0.1, 0.15) is 49.8 Å². The maximum absolute atomic E-state index is 5.95. The van der Waals surface area contributed by atoms with Gasteiger partial charge in [0, 0.05) is 6.54 Å². The molecule has 1 saturated carbocycles. The Hall–Kier alpha value is -0.860. The SMILES string of the molecule is CC1CCC(CNCC2OCCc3ccccc32)CC1. The molecule has 2 nitrogen and oxygen atoms in total. The first kappa shape index (κ1) is 14.1. The van der Waals surface area contributed by atoms with E-state index >= 15 is 0 Å². The summed E-state index contributed by atoms with van der Waals surface area (Å²) in [6.45, 7) is 5.37. The monoisotopic (exact) mass is 273 g/mol. The lowest BCUT2D eigenvalue weighted by Gasteiger charge is -2.29. The number of nitrogens with one attached hydrogen (secondary N) is 1. The molecule has 20 heavy (non-hydrogen) atoms. The molecule has 1 unspecified atom stereocenters. The zero-order valence-corrected chi connectivity index (χ0v) is 12.6. The Morgan fingerprint density at radius 1 is 1.10 bits per heavy atom. The van der Waals surface area contributed by atoms with E-state index in [1.54, 1.807) is 0 Å². The highest BCUT2D eigenvalue weighted by Gasteiger charge is 2.21. The second kappa shape index (κ2) is 6.73. The molecular weight excluding hydrogens is 246 g/mol. The summed E-state index contributed by atoms with van der Waals surface area (Å²) in [7, 11) is 0. The summed E-state index contributed by atoms with van der Waals surface area (Å²) in [5, 5.41) is 3.66. The van der Waals surface area contributed by atoms with Crippen LogP contribution in [0.25, 0.3) is 0 Å². The Morgan fingerprint density at radius 3 is 2.75 bits per heavy atom. The number of hydrogen-bond donors (Lipinski definition) is 1. The first-order valence-corrected chi connectivity index (χ1v) is 8.23. The van der Waals surface area contributed by atoms with Gasteiger partial charge in [0.05, 0.1) is 12.7 Å². The summed E-state index contributed by atoms with van der Waals surface area (Å²) in [6, 6.07) is 8.73. The average Bonchev–Trinajstić information content (AvgIpc) is 2.49. The second-order valence-corrected chi connectivity index (χ2v) is 6.59. The normalized spacial score (nSPS) is 29.9. The molecule has 1 atom stereocenters. The van der Waals surface area contributed by atoms with E-state index in [1.807, 2.05) is 0 Å². The van der Waals surface area contributed by atoms with Crippen molar-refractivity contribution in [2.24, 2.45) is 11.8 Å². The van der Waals surface area contributed by atoms with Crippen molar-refractivity contribution in [3.05, 3.63) is 35.4 Å². The Balaban J connectivity index is 1.47. The van der Waals surface area contributed by atoms with Crippen LogP contribution in [-0.2, 0) is 11.2 Å². The van der Waals surface area contributed by atoms with E-state index in [0.29, 0.717) is 0 Å². The standard InChI is InChI=1S/C18H27NO/c1-14-6-8-15(9-7-14)12-19-13-18-17-5-3-2-4-16(17)10-11-20-18/h2-5,14-15,18-19H,6-13H2,1H3. The van der Waals surface area contributed by atoms with Crippen LogP contribution >= 0.6 is 0 Å². The summed E-state index contributed by atoms with van der Waals surface area (Å²) in [5.74, 6) is 1.82. The number of hydrogen-bond acceptors (Lipinski definition) is 2. The van der Waals surface area contributed by atoms with Gasteiger partial charge in [0.1, 0.15) is 0 Å². The summed E-state index contributed by atoms with van der Waals surface area (Å²) in [6.07, 6.45) is 6.94. The molecule has 3 rings (SSSR count). The third kappa shape index (κ3) is 3.42. The van der Waals surface area contributed by atoms with E-state index in [1.165, 1.54) is 36.8 Å². The molecular formula is C18H27NO. The highest BCUT2D eigenvalue weighted by Crippen LogP contribution is 2.29. The zero-order chi connectivity index (χ0) is 13.8. The van der Waals surface area contributed by atoms with E-state index in [9.17, 15) is 0 Å². The first-order chi connectivity index (χ1) is 9.83. The van der Waals surface area contributed by atoms with Gasteiger partial charge >= 0.3 is 0 Å². The van der Waals surface area contributed by atoms with Gasteiger partial charge in [-0.2, -0.15) is 0 Å². The molecule has 1 N–H and O–H groups in total. The van der Waals surface area contributed by atoms with E-state index in [4.69, 9.17) is 4.74 Å². The molecule has 1 aliphatic heterocycles. The van der Waals surface area contributed by atoms with Gasteiger partial charge in [-0.3, -0.25) is 0 Å². The number of benzene rings is 1. The lowest BCUT2D eigenvalue weighted by molar-refractivity contribution is 0.0415. The molecule has 2 aliphatic rings. The fraction of sp³-hybridized carbons (Fsp3) is 0.667. The molecule has 0 saturated heterocycles. The second-order valence-electron chi connectivity index (χ2n) is 6.59. The molecule has 110 valence electrons. The van der Waals surface area contributed by atoms with Gasteiger partial charge < -0.3 is 10.1 Å². The minimum absolute atomic E-state index is 0.252. The van der Waals surface area contributed by atoms with Crippen molar-refractivity contribution in [3.8, 4) is 0 Å². The zero-order valence-electron chi connectivity index (χ0n) is 12.6. The van der Waals surface area contributed by atoms with Gasteiger partial charge in [-0.1, -0.05) is 44.0 Å². The third-order valence-electron chi connectivity index (χ3n) is 4.99. The highest BCUT2D eigenvalue weighted by atomic mass is 16.5. The summed E-state index contributed by atoms with van der Waals surface area (Å²) in [4.78, 5) is 0. The highest BCUT2D eigenvalue weighted by molar-refractivity contribution is 5.31. The van der Waals surface area contributed by atoms with Crippen LogP contribution in [0.15, 0.2) is 24.3 Å². The minimum Gasteiger partial charge on any atom is -0.372 e. The maximum atomic E-state index is 5.95. The minimum atomic E-state index is 0.252. The molecule has 1 aliphatic carbocycles. The van der Waals surface area contributed by atoms with Crippen molar-refractivity contribution in [1.29, 1.82) is 0 Å². The number of rotatable bonds is 4. The summed E-state index contributed by atoms with van der Waals surface area (Å²) < 4.78 is 5.95. The molecule has 0 spiro atoms. The van der Waals surface area contributed by atoms with Gasteiger partial charge in [0.2, 0.25) is 0 Å². The van der Waals surface area contributed by atoms with Crippen LogP contribution in [0.3, 0.4) is 0 Å². The fourth-order valence-corrected chi connectivity index (χ4v) is 3.60. The van der Waals surface area contributed by atoms with Gasteiger partial charge in [-0.15, -0.1) is 0 Å². The van der Waals surface area contributed by atoms with Crippen molar-refractivity contribution in [2.45, 2.75) is 45.1 Å². The van der Waals surface area contributed by atoms with E-state index in [0.717, 1.165) is 38.0 Å². The smallest absolute Gasteiger partial charge is 0.0952 e. The molecule has 1 fully saturated rings. The predicted octanol–water partition coefficient (Wildman–Crippen LogP) is 3.72. The molecule has 0 bridgehead atoms. The van der Waals surface area contributed by atoms with Crippen LogP contribution < -0.4 is 5.32 Å². The predicted molar refractivity (Wildman–Crippen MR) is 82.8 cm³/mol. The first-order valence-electron chi connectivity index (χ1n) is 8.23. The Morgan fingerprint density at radius 2 is 1.90 bits per heavy atom. The van der Waals surface area contributed by atoms with E-state index < -0.39 is 0 Å². The quantitative estimate of drug-likeness (QED) is 0.903. The lowest BCUT2D eigenvalue weighted by atomic mass is 9.83. The molecule has 1 heterocycles. The Labute approximate surface area is 122 Å². The molecule has 0 aromatic heterocycles. The van der Waals surface area contributed by atoms with Crippen molar-refractivity contribution >= 4 is 0 Å². The largest absolute Gasteiger partial charge is 0.372 e. The average molecular weight is 273 g/mol. The molecule has 1 aromatic carbocycles. The maximum Gasteiger partial charge on any atom is 0.0952 e. The molecule has 0 radical (unpaired) electrons. The van der Waals surface area contributed by atoms with Crippen molar-refractivity contribution in [3.63, 3.8) is 0 Å². The van der Waals surface area contributed by atoms with Gasteiger partial charge in [-0.25, -0.2) is 0 Å². The van der Waals surface area contributed by atoms with Crippen LogP contribution in [0.4, 0.5) is 0 Å². The van der Waals surface area contributed by atoms with Crippen LogP contribution in [-0.4, -0.2) is 19.7 Å². The summed E-state index contributed by atoms with van der Waals surface area (Å²) in [5.41, 5.74) is 2.86. The number of fused-ring (bicyclic) bond motifs is 1. The summed E-state index contributed by atoms with van der Waals surface area (Å²) >= 11 is 0. The Bertz CT molecular complexity index is 423. The van der Waals surface area contributed by atoms with Crippen molar-refractivity contribution in [1.82, 2.24) is 5.32 Å². The molecule has 1 aromatic rings. The van der Waals surface area contributed by atoms with Gasteiger partial charge in [0.25, 0.3) is 0 Å². The molecule has 0 amide bonds. The van der Waals surface area contributed by atoms with Crippen LogP contribution in [0, 0.1) is 11.8 Å². The Kier molecular flexibility index (Phi) is 4.74. The fourth-order valence-electron chi connectivity index (χ4n) is 3.60. The van der Waals surface area contributed by atoms with Gasteiger partial charge in [0.15, 0.2) is 0 Å². The topological polar surface area (TPSA) is 21.3 Å². The lowest BCUT2D eigenvalue weighted by Crippen LogP contribution is -2.32. The number of ether oxygens (including phenoxy) is 1. The third-order valence-corrected chi connectivity index (χ3v) is 4.99. The molecule has 2 heteroatoms. The van der Waals surface area contributed by atoms with E-state index in [-0.39, 0.29) is 6.10 Å². The van der Waals surface area contributed by atoms with Gasteiger partial charge in [-0.05, 0) is 48.8 Å². The van der Waals surface area contributed by atoms with Crippen molar-refractivity contribution < 1.29 is 4.74 Å². The van der Waals surface area contributed by atoms with E-state index in [2.05, 4.69) is 36.5 Å². The van der Waals surface area contributed by atoms with Crippen LogP contribution in [0.5, 0.6) is 0 Å². The van der Waals surface area contributed by atoms with Crippen LogP contribution in [0.2, 0.25) is 0 Å². The van der Waals surface area contributed by atoms with Crippen molar-refractivity contribution in [2.75, 3.05) is 19.7 Å².